The molecule has 94 valence electrons. The highest BCUT2D eigenvalue weighted by atomic mass is 79.9. The van der Waals surface area contributed by atoms with Crippen molar-refractivity contribution < 1.29 is 17.9 Å². The van der Waals surface area contributed by atoms with Crippen LogP contribution in [0.15, 0.2) is 23.2 Å². The number of alkyl halides is 4. The predicted octanol–water partition coefficient (Wildman–Crippen LogP) is 4.42. The van der Waals surface area contributed by atoms with Crippen LogP contribution >= 0.6 is 27.5 Å². The number of benzene rings is 1. The molecule has 0 N–H and O–H groups in total. The highest BCUT2D eigenvalue weighted by molar-refractivity contribution is 9.08. The number of hydrogen-bond acceptors (Lipinski definition) is 2. The number of ether oxygens (including phenoxy) is 1. The van der Waals surface area contributed by atoms with Crippen LogP contribution in [-0.2, 0) is 5.33 Å². The van der Waals surface area contributed by atoms with Gasteiger partial charge >= 0.3 is 6.18 Å². The Morgan fingerprint density at radius 2 is 2.12 bits per heavy atom. The van der Waals surface area contributed by atoms with Gasteiger partial charge in [0.25, 0.3) is 0 Å². The molecule has 1 rings (SSSR count). The zero-order valence-electron chi connectivity index (χ0n) is 8.68. The van der Waals surface area contributed by atoms with Crippen LogP contribution in [0.1, 0.15) is 5.56 Å². The van der Waals surface area contributed by atoms with E-state index in [1.807, 2.05) is 0 Å². The smallest absolute Gasteiger partial charge is 0.444 e. The Morgan fingerprint density at radius 3 is 2.59 bits per heavy atom. The molecule has 0 saturated heterocycles. The lowest BCUT2D eigenvalue weighted by Gasteiger charge is -2.09. The van der Waals surface area contributed by atoms with Crippen molar-refractivity contribution >= 4 is 38.4 Å². The van der Waals surface area contributed by atoms with E-state index in [1.165, 1.54) is 13.2 Å². The zero-order valence-corrected chi connectivity index (χ0v) is 11.0. The van der Waals surface area contributed by atoms with Gasteiger partial charge in [0.1, 0.15) is 5.75 Å². The molecular weight excluding hydrogens is 322 g/mol. The van der Waals surface area contributed by atoms with E-state index in [2.05, 4.69) is 20.9 Å². The minimum Gasteiger partial charge on any atom is -0.496 e. The monoisotopic (exact) mass is 329 g/mol. The Balaban J connectivity index is 3.24. The molecule has 0 atom stereocenters. The molecule has 0 bridgehead atoms. The van der Waals surface area contributed by atoms with Crippen LogP contribution in [0.25, 0.3) is 0 Å². The number of aliphatic imine (C=N–C) groups is 1. The Hall–Kier alpha value is -0.750. The Bertz CT molecular complexity index is 434. The molecule has 7 heteroatoms. The molecular formula is C10H8BrClF3NO. The SMILES string of the molecule is COc1cccc(N=C(Cl)C(F)(F)F)c1CBr. The van der Waals surface area contributed by atoms with E-state index in [9.17, 15) is 13.2 Å². The summed E-state index contributed by atoms with van der Waals surface area (Å²) in [4.78, 5) is 3.36. The first-order chi connectivity index (χ1) is 7.90. The lowest BCUT2D eigenvalue weighted by atomic mass is 10.2. The molecule has 0 heterocycles. The van der Waals surface area contributed by atoms with Crippen LogP contribution in [0.5, 0.6) is 5.75 Å². The molecule has 1 aromatic rings. The van der Waals surface area contributed by atoms with Crippen molar-refractivity contribution in [3.63, 3.8) is 0 Å². The molecule has 0 fully saturated rings. The zero-order chi connectivity index (χ0) is 13.1. The molecule has 0 aliphatic rings. The quantitative estimate of drug-likeness (QED) is 0.594. The van der Waals surface area contributed by atoms with Gasteiger partial charge in [-0.05, 0) is 12.1 Å². The van der Waals surface area contributed by atoms with E-state index in [0.717, 1.165) is 0 Å². The lowest BCUT2D eigenvalue weighted by molar-refractivity contribution is -0.0558. The average Bonchev–Trinajstić information content (AvgIpc) is 2.27. The highest BCUT2D eigenvalue weighted by Crippen LogP contribution is 2.32. The summed E-state index contributed by atoms with van der Waals surface area (Å²) in [6, 6.07) is 4.62. The van der Waals surface area contributed by atoms with E-state index < -0.39 is 11.3 Å². The van der Waals surface area contributed by atoms with Crippen LogP contribution in [-0.4, -0.2) is 18.5 Å². The van der Waals surface area contributed by atoms with Crippen LogP contribution in [0.3, 0.4) is 0 Å². The lowest BCUT2D eigenvalue weighted by Crippen LogP contribution is -2.16. The number of methoxy groups -OCH3 is 1. The molecule has 0 spiro atoms. The van der Waals surface area contributed by atoms with Gasteiger partial charge < -0.3 is 4.74 Å². The average molecular weight is 331 g/mol. The molecule has 0 aliphatic heterocycles. The number of hydrogen-bond donors (Lipinski definition) is 0. The first-order valence-electron chi connectivity index (χ1n) is 4.43. The summed E-state index contributed by atoms with van der Waals surface area (Å²) in [6.07, 6.45) is -4.64. The van der Waals surface area contributed by atoms with Gasteiger partial charge in [0.15, 0.2) is 0 Å². The van der Waals surface area contributed by atoms with Crippen molar-refractivity contribution in [2.45, 2.75) is 11.5 Å². The third-order valence-corrected chi connectivity index (χ3v) is 2.77. The molecule has 2 nitrogen and oxygen atoms in total. The standard InChI is InChI=1S/C10H8BrClF3NO/c1-17-8-4-2-3-7(6(8)5-11)16-9(12)10(13,14)15/h2-4H,5H2,1H3. The highest BCUT2D eigenvalue weighted by Gasteiger charge is 2.34. The van der Waals surface area contributed by atoms with Crippen molar-refractivity contribution in [1.29, 1.82) is 0 Å². The minimum absolute atomic E-state index is 0.128. The van der Waals surface area contributed by atoms with Crippen molar-refractivity contribution in [2.24, 2.45) is 4.99 Å². The fourth-order valence-electron chi connectivity index (χ4n) is 1.15. The normalized spacial score (nSPS) is 12.7. The molecule has 0 aliphatic carbocycles. The van der Waals surface area contributed by atoms with E-state index in [1.54, 1.807) is 12.1 Å². The Kier molecular flexibility index (Phi) is 4.82. The molecule has 0 amide bonds. The van der Waals surface area contributed by atoms with Crippen LogP contribution in [0.4, 0.5) is 18.9 Å². The van der Waals surface area contributed by atoms with Gasteiger partial charge in [-0.15, -0.1) is 0 Å². The summed E-state index contributed by atoms with van der Waals surface area (Å²) < 4.78 is 41.8. The number of nitrogens with zero attached hydrogens (tertiary/aromatic N) is 1. The molecule has 17 heavy (non-hydrogen) atoms. The van der Waals surface area contributed by atoms with Gasteiger partial charge in [-0.2, -0.15) is 13.2 Å². The van der Waals surface area contributed by atoms with Gasteiger partial charge in [0.2, 0.25) is 5.17 Å². The van der Waals surface area contributed by atoms with Crippen molar-refractivity contribution in [2.75, 3.05) is 7.11 Å². The van der Waals surface area contributed by atoms with E-state index in [0.29, 0.717) is 16.6 Å². The Labute approximate surface area is 110 Å². The first kappa shape index (κ1) is 14.3. The van der Waals surface area contributed by atoms with Crippen molar-refractivity contribution in [3.05, 3.63) is 23.8 Å². The first-order valence-corrected chi connectivity index (χ1v) is 5.93. The van der Waals surface area contributed by atoms with E-state index in [-0.39, 0.29) is 5.69 Å². The van der Waals surface area contributed by atoms with Crippen LogP contribution in [0.2, 0.25) is 0 Å². The third-order valence-electron chi connectivity index (χ3n) is 1.91. The Morgan fingerprint density at radius 1 is 1.47 bits per heavy atom. The molecule has 0 saturated carbocycles. The van der Waals surface area contributed by atoms with E-state index in [4.69, 9.17) is 16.3 Å². The van der Waals surface area contributed by atoms with Crippen molar-refractivity contribution in [1.82, 2.24) is 0 Å². The largest absolute Gasteiger partial charge is 0.496 e. The fourth-order valence-corrected chi connectivity index (χ4v) is 1.81. The van der Waals surface area contributed by atoms with Crippen LogP contribution < -0.4 is 4.74 Å². The maximum Gasteiger partial charge on any atom is 0.444 e. The van der Waals surface area contributed by atoms with Crippen LogP contribution in [0, 0.1) is 0 Å². The number of rotatable bonds is 3. The summed E-state index contributed by atoms with van der Waals surface area (Å²) in [6.45, 7) is 0. The summed E-state index contributed by atoms with van der Waals surface area (Å²) in [5, 5.41) is -1.09. The fraction of sp³-hybridized carbons (Fsp3) is 0.300. The van der Waals surface area contributed by atoms with Gasteiger partial charge in [-0.1, -0.05) is 33.6 Å². The summed E-state index contributed by atoms with van der Waals surface area (Å²) in [5.41, 5.74) is 0.640. The molecule has 1 aromatic carbocycles. The second kappa shape index (κ2) is 5.73. The summed E-state index contributed by atoms with van der Waals surface area (Å²) >= 11 is 8.25. The maximum absolute atomic E-state index is 12.2. The van der Waals surface area contributed by atoms with Gasteiger partial charge in [0, 0.05) is 10.9 Å². The van der Waals surface area contributed by atoms with E-state index >= 15 is 0 Å². The van der Waals surface area contributed by atoms with Gasteiger partial charge in [-0.25, -0.2) is 4.99 Å². The molecule has 0 radical (unpaired) electrons. The summed E-state index contributed by atoms with van der Waals surface area (Å²) in [7, 11) is 1.43. The summed E-state index contributed by atoms with van der Waals surface area (Å²) in [5.74, 6) is 0.453. The third kappa shape index (κ3) is 3.61. The minimum atomic E-state index is -4.64. The molecule has 0 aromatic heterocycles. The number of halogens is 5. The predicted molar refractivity (Wildman–Crippen MR) is 64.6 cm³/mol. The van der Waals surface area contributed by atoms with Crippen molar-refractivity contribution in [3.8, 4) is 5.75 Å². The van der Waals surface area contributed by atoms with Gasteiger partial charge in [0.05, 0.1) is 12.8 Å². The second-order valence-corrected chi connectivity index (χ2v) is 3.91. The maximum atomic E-state index is 12.2. The topological polar surface area (TPSA) is 21.6 Å². The second-order valence-electron chi connectivity index (χ2n) is 2.99. The molecule has 0 unspecified atom stereocenters. The van der Waals surface area contributed by atoms with Gasteiger partial charge in [-0.3, -0.25) is 0 Å².